The minimum Gasteiger partial charge on any atom is -0.476 e. The Balaban J connectivity index is 2.63. The zero-order chi connectivity index (χ0) is 12.8. The molecule has 4 heteroatoms. The van der Waals surface area contributed by atoms with Crippen molar-refractivity contribution in [3.05, 3.63) is 40.4 Å². The fraction of sp³-hybridized carbons (Fsp3) is 0.385. The van der Waals surface area contributed by atoms with E-state index in [4.69, 9.17) is 5.11 Å². The van der Waals surface area contributed by atoms with Crippen LogP contribution in [-0.2, 0) is 0 Å². The van der Waals surface area contributed by atoms with Gasteiger partial charge < -0.3 is 5.11 Å². The summed E-state index contributed by atoms with van der Waals surface area (Å²) in [5.74, 6) is -0.290. The number of hydrogen-bond acceptors (Lipinski definition) is 3. The Morgan fingerprint density at radius 3 is 2.53 bits per heavy atom. The molecule has 92 valence electrons. The zero-order valence-corrected chi connectivity index (χ0v) is 11.1. The van der Waals surface area contributed by atoms with Crippen molar-refractivity contribution in [2.75, 3.05) is 0 Å². The fourth-order valence-corrected chi connectivity index (χ4v) is 2.02. The van der Waals surface area contributed by atoms with Gasteiger partial charge in [0.2, 0.25) is 0 Å². The molecule has 1 N–H and O–H groups in total. The molecule has 0 bridgehead atoms. The normalized spacial score (nSPS) is 13.9. The third-order valence-corrected chi connectivity index (χ3v) is 3.18. The largest absolute Gasteiger partial charge is 0.476 e. The van der Waals surface area contributed by atoms with Crippen molar-refractivity contribution >= 4 is 17.3 Å². The van der Waals surface area contributed by atoms with Crippen molar-refractivity contribution in [1.29, 1.82) is 0 Å². The van der Waals surface area contributed by atoms with E-state index in [-0.39, 0.29) is 11.6 Å². The Labute approximate surface area is 106 Å². The summed E-state index contributed by atoms with van der Waals surface area (Å²) in [4.78, 5) is 14.8. The number of carbonyl (C=O) groups is 1. The molecule has 1 heterocycles. The molecule has 0 amide bonds. The van der Waals surface area contributed by atoms with Gasteiger partial charge in [0.15, 0.2) is 5.69 Å². The highest BCUT2D eigenvalue weighted by Gasteiger charge is 2.11. The van der Waals surface area contributed by atoms with E-state index in [1.54, 1.807) is 5.38 Å². The van der Waals surface area contributed by atoms with Crippen LogP contribution >= 0.6 is 11.3 Å². The van der Waals surface area contributed by atoms with E-state index in [2.05, 4.69) is 24.9 Å². The predicted molar refractivity (Wildman–Crippen MR) is 70.6 cm³/mol. The van der Waals surface area contributed by atoms with Gasteiger partial charge in [0.05, 0.1) is 0 Å². The molecule has 0 aliphatic rings. The molecule has 1 rings (SSSR count). The van der Waals surface area contributed by atoms with Crippen molar-refractivity contribution in [1.82, 2.24) is 4.98 Å². The molecule has 0 aliphatic heterocycles. The minimum atomic E-state index is -0.969. The van der Waals surface area contributed by atoms with Crippen molar-refractivity contribution < 1.29 is 9.90 Å². The van der Waals surface area contributed by atoms with Gasteiger partial charge in [-0.3, -0.25) is 0 Å². The first kappa shape index (κ1) is 13.6. The first-order valence-corrected chi connectivity index (χ1v) is 6.42. The van der Waals surface area contributed by atoms with Crippen LogP contribution < -0.4 is 0 Å². The molecular weight excluding hydrogens is 234 g/mol. The molecule has 0 saturated heterocycles. The highest BCUT2D eigenvalue weighted by atomic mass is 32.1. The van der Waals surface area contributed by atoms with Gasteiger partial charge in [0, 0.05) is 11.3 Å². The molecule has 1 aromatic rings. The van der Waals surface area contributed by atoms with Gasteiger partial charge in [-0.05, 0) is 5.92 Å². The monoisotopic (exact) mass is 251 g/mol. The quantitative estimate of drug-likeness (QED) is 0.811. The molecule has 0 fully saturated rings. The first-order valence-electron chi connectivity index (χ1n) is 5.54. The zero-order valence-electron chi connectivity index (χ0n) is 10.3. The summed E-state index contributed by atoms with van der Waals surface area (Å²) in [5.41, 5.74) is 0.128. The van der Waals surface area contributed by atoms with Gasteiger partial charge in [0.1, 0.15) is 5.01 Å². The number of carboxylic acids is 1. The van der Waals surface area contributed by atoms with E-state index in [1.165, 1.54) is 11.3 Å². The Morgan fingerprint density at radius 1 is 1.35 bits per heavy atom. The van der Waals surface area contributed by atoms with Crippen LogP contribution in [-0.4, -0.2) is 16.1 Å². The number of carboxylic acid groups (broad SMARTS) is 1. The molecular formula is C13H17NO2S. The topological polar surface area (TPSA) is 50.2 Å². The number of hydrogen-bond donors (Lipinski definition) is 1. The van der Waals surface area contributed by atoms with E-state index in [0.717, 1.165) is 5.01 Å². The summed E-state index contributed by atoms with van der Waals surface area (Å²) in [6, 6.07) is 0. The van der Waals surface area contributed by atoms with Gasteiger partial charge in [-0.2, -0.15) is 0 Å². The van der Waals surface area contributed by atoms with E-state index >= 15 is 0 Å². The van der Waals surface area contributed by atoms with Crippen LogP contribution in [0.5, 0.6) is 0 Å². The van der Waals surface area contributed by atoms with Crippen molar-refractivity contribution in [3.8, 4) is 0 Å². The van der Waals surface area contributed by atoms with Crippen LogP contribution in [0.4, 0.5) is 0 Å². The Hall–Kier alpha value is -1.42. The highest BCUT2D eigenvalue weighted by molar-refractivity contribution is 7.09. The maximum absolute atomic E-state index is 10.7. The fourth-order valence-electron chi connectivity index (χ4n) is 1.19. The average Bonchev–Trinajstić information content (AvgIpc) is 2.73. The van der Waals surface area contributed by atoms with E-state index in [9.17, 15) is 4.79 Å². The SMILES string of the molecule is CC(C)C=CC=C[C@H](C)c1nc(C(=O)O)cs1. The lowest BCUT2D eigenvalue weighted by molar-refractivity contribution is 0.0691. The van der Waals surface area contributed by atoms with E-state index in [0.29, 0.717) is 5.92 Å². The standard InChI is InChI=1S/C13H17NO2S/c1-9(2)6-4-5-7-10(3)12-14-11(8-17-12)13(15)16/h4-10H,1-3H3,(H,15,16)/t10-/m0/s1. The number of aromatic carboxylic acids is 1. The molecule has 0 radical (unpaired) electrons. The second-order valence-electron chi connectivity index (χ2n) is 4.18. The summed E-state index contributed by atoms with van der Waals surface area (Å²) >= 11 is 1.38. The molecule has 1 aromatic heterocycles. The van der Waals surface area contributed by atoms with Gasteiger partial charge >= 0.3 is 5.97 Å². The summed E-state index contributed by atoms with van der Waals surface area (Å²) in [5, 5.41) is 11.2. The summed E-state index contributed by atoms with van der Waals surface area (Å²) in [6.07, 6.45) is 8.11. The first-order chi connectivity index (χ1) is 8.00. The lowest BCUT2D eigenvalue weighted by atomic mass is 10.1. The van der Waals surface area contributed by atoms with Crippen LogP contribution in [0.15, 0.2) is 29.7 Å². The Kier molecular flexibility index (Phi) is 5.10. The van der Waals surface area contributed by atoms with Crippen molar-refractivity contribution in [2.24, 2.45) is 5.92 Å². The van der Waals surface area contributed by atoms with Gasteiger partial charge in [-0.15, -0.1) is 11.3 Å². The third-order valence-electron chi connectivity index (χ3n) is 2.14. The molecule has 17 heavy (non-hydrogen) atoms. The molecule has 0 saturated carbocycles. The molecule has 0 spiro atoms. The van der Waals surface area contributed by atoms with Crippen molar-refractivity contribution in [3.63, 3.8) is 0 Å². The lowest BCUT2D eigenvalue weighted by Crippen LogP contribution is -1.97. The average molecular weight is 251 g/mol. The molecule has 0 aromatic carbocycles. The summed E-state index contributed by atoms with van der Waals surface area (Å²) in [7, 11) is 0. The summed E-state index contributed by atoms with van der Waals surface area (Å²) in [6.45, 7) is 6.24. The number of nitrogens with zero attached hydrogens (tertiary/aromatic N) is 1. The second kappa shape index (κ2) is 6.35. The Bertz CT molecular complexity index is 432. The highest BCUT2D eigenvalue weighted by Crippen LogP contribution is 2.21. The second-order valence-corrected chi connectivity index (χ2v) is 5.07. The maximum Gasteiger partial charge on any atom is 0.355 e. The molecule has 0 unspecified atom stereocenters. The van der Waals surface area contributed by atoms with E-state index < -0.39 is 5.97 Å². The number of aromatic nitrogens is 1. The van der Waals surface area contributed by atoms with Crippen LogP contribution in [0.3, 0.4) is 0 Å². The Morgan fingerprint density at radius 2 is 2.00 bits per heavy atom. The summed E-state index contributed by atoms with van der Waals surface area (Å²) < 4.78 is 0. The lowest BCUT2D eigenvalue weighted by Gasteiger charge is -1.99. The molecule has 1 atom stereocenters. The van der Waals surface area contributed by atoms with Gasteiger partial charge in [-0.25, -0.2) is 9.78 Å². The van der Waals surface area contributed by atoms with Crippen LogP contribution in [0.25, 0.3) is 0 Å². The third kappa shape index (κ3) is 4.53. The number of allylic oxidation sites excluding steroid dienone is 4. The van der Waals surface area contributed by atoms with Crippen molar-refractivity contribution in [2.45, 2.75) is 26.7 Å². The van der Waals surface area contributed by atoms with Gasteiger partial charge in [-0.1, -0.05) is 45.1 Å². The van der Waals surface area contributed by atoms with Crippen LogP contribution in [0.2, 0.25) is 0 Å². The molecule has 0 aliphatic carbocycles. The minimum absolute atomic E-state index is 0.128. The maximum atomic E-state index is 10.7. The van der Waals surface area contributed by atoms with E-state index in [1.807, 2.05) is 25.2 Å². The number of thiazole rings is 1. The van der Waals surface area contributed by atoms with Crippen LogP contribution in [0.1, 0.15) is 42.2 Å². The molecule has 3 nitrogen and oxygen atoms in total. The van der Waals surface area contributed by atoms with Gasteiger partial charge in [0.25, 0.3) is 0 Å². The predicted octanol–water partition coefficient (Wildman–Crippen LogP) is 3.71. The smallest absolute Gasteiger partial charge is 0.355 e. The number of rotatable bonds is 5. The van der Waals surface area contributed by atoms with Crippen LogP contribution in [0, 0.1) is 5.92 Å².